The van der Waals surface area contributed by atoms with Crippen molar-refractivity contribution in [3.05, 3.63) is 66.2 Å². The first kappa shape index (κ1) is 16.9. The molecule has 3 rings (SSSR count). The van der Waals surface area contributed by atoms with Crippen LogP contribution >= 0.6 is 0 Å². The van der Waals surface area contributed by atoms with Crippen molar-refractivity contribution in [3.8, 4) is 5.75 Å². The number of hydrogen-bond acceptors (Lipinski definition) is 3. The van der Waals surface area contributed by atoms with Gasteiger partial charge in [0.1, 0.15) is 18.5 Å². The fourth-order valence-corrected chi connectivity index (χ4v) is 3.00. The lowest BCUT2D eigenvalue weighted by atomic mass is 10.1. The molecule has 0 aromatic heterocycles. The Morgan fingerprint density at radius 2 is 1.42 bits per heavy atom. The Balaban J connectivity index is 1.35. The fraction of sp³-hybridized carbons (Fsp3) is 0.400. The van der Waals surface area contributed by atoms with Crippen molar-refractivity contribution in [2.24, 2.45) is 0 Å². The summed E-state index contributed by atoms with van der Waals surface area (Å²) in [6.45, 7) is 5.87. The molecule has 1 aliphatic rings. The van der Waals surface area contributed by atoms with Gasteiger partial charge >= 0.3 is 0 Å². The second-order valence-corrected chi connectivity index (χ2v) is 6.18. The minimum absolute atomic E-state index is 0.484. The van der Waals surface area contributed by atoms with E-state index in [1.165, 1.54) is 0 Å². The van der Waals surface area contributed by atoms with Gasteiger partial charge in [-0.25, -0.2) is 4.39 Å². The summed E-state index contributed by atoms with van der Waals surface area (Å²) in [7, 11) is 0. The molecule has 3 nitrogen and oxygen atoms in total. The highest BCUT2D eigenvalue weighted by Crippen LogP contribution is 2.19. The van der Waals surface area contributed by atoms with Crippen LogP contribution in [0, 0.1) is 0 Å². The number of para-hydroxylation sites is 1. The zero-order valence-electron chi connectivity index (χ0n) is 14.0. The first-order valence-electron chi connectivity index (χ1n) is 8.63. The van der Waals surface area contributed by atoms with Crippen LogP contribution in [0.25, 0.3) is 0 Å². The molecule has 1 saturated heterocycles. The van der Waals surface area contributed by atoms with Crippen molar-refractivity contribution >= 4 is 0 Å². The van der Waals surface area contributed by atoms with Crippen LogP contribution in [-0.2, 0) is 0 Å². The van der Waals surface area contributed by atoms with E-state index in [4.69, 9.17) is 4.74 Å². The van der Waals surface area contributed by atoms with Crippen LogP contribution in [-0.4, -0.2) is 55.7 Å². The smallest absolute Gasteiger partial charge is 0.138 e. The van der Waals surface area contributed by atoms with Crippen molar-refractivity contribution in [1.82, 2.24) is 9.80 Å². The van der Waals surface area contributed by atoms with Gasteiger partial charge in [0.15, 0.2) is 0 Å². The lowest BCUT2D eigenvalue weighted by Gasteiger charge is -2.35. The second-order valence-electron chi connectivity index (χ2n) is 6.18. The van der Waals surface area contributed by atoms with E-state index < -0.39 is 6.17 Å². The lowest BCUT2D eigenvalue weighted by Crippen LogP contribution is -2.48. The molecular weight excluding hydrogens is 303 g/mol. The van der Waals surface area contributed by atoms with Gasteiger partial charge in [-0.1, -0.05) is 48.5 Å². The summed E-state index contributed by atoms with van der Waals surface area (Å²) in [4.78, 5) is 4.60. The topological polar surface area (TPSA) is 15.7 Å². The van der Waals surface area contributed by atoms with E-state index >= 15 is 0 Å². The Kier molecular flexibility index (Phi) is 6.21. The van der Waals surface area contributed by atoms with E-state index in [9.17, 15) is 4.39 Å². The molecule has 0 saturated carbocycles. The van der Waals surface area contributed by atoms with Crippen LogP contribution in [0.2, 0.25) is 0 Å². The van der Waals surface area contributed by atoms with Crippen LogP contribution in [0.1, 0.15) is 11.7 Å². The summed E-state index contributed by atoms with van der Waals surface area (Å²) in [5.74, 6) is 0.916. The monoisotopic (exact) mass is 328 g/mol. The first-order chi connectivity index (χ1) is 11.8. The van der Waals surface area contributed by atoms with Crippen molar-refractivity contribution < 1.29 is 9.13 Å². The number of rotatable bonds is 7. The van der Waals surface area contributed by atoms with Crippen LogP contribution in [0.15, 0.2) is 60.7 Å². The number of ether oxygens (including phenoxy) is 1. The predicted molar refractivity (Wildman–Crippen MR) is 95.1 cm³/mol. The van der Waals surface area contributed by atoms with Crippen LogP contribution in [0.3, 0.4) is 0 Å². The summed E-state index contributed by atoms with van der Waals surface area (Å²) in [5, 5.41) is 0. The largest absolute Gasteiger partial charge is 0.492 e. The molecule has 2 aromatic carbocycles. The van der Waals surface area contributed by atoms with Crippen molar-refractivity contribution in [3.63, 3.8) is 0 Å². The minimum atomic E-state index is -0.904. The average molecular weight is 328 g/mol. The fourth-order valence-electron chi connectivity index (χ4n) is 3.00. The van der Waals surface area contributed by atoms with Crippen LogP contribution in [0.5, 0.6) is 5.75 Å². The van der Waals surface area contributed by atoms with Gasteiger partial charge in [0, 0.05) is 39.3 Å². The zero-order valence-corrected chi connectivity index (χ0v) is 14.0. The molecule has 0 bridgehead atoms. The number of piperazine rings is 1. The highest BCUT2D eigenvalue weighted by Gasteiger charge is 2.20. The molecule has 2 aromatic rings. The molecule has 1 atom stereocenters. The van der Waals surface area contributed by atoms with Crippen molar-refractivity contribution in [2.45, 2.75) is 6.17 Å². The quantitative estimate of drug-likeness (QED) is 0.775. The van der Waals surface area contributed by atoms with Crippen LogP contribution < -0.4 is 4.74 Å². The maximum atomic E-state index is 14.3. The molecular formula is C20H25FN2O. The van der Waals surface area contributed by atoms with E-state index in [0.717, 1.165) is 44.0 Å². The normalized spacial score (nSPS) is 17.5. The first-order valence-corrected chi connectivity index (χ1v) is 8.63. The molecule has 1 unspecified atom stereocenters. The van der Waals surface area contributed by atoms with Gasteiger partial charge < -0.3 is 4.74 Å². The summed E-state index contributed by atoms with van der Waals surface area (Å²) in [5.41, 5.74) is 0.774. The number of hydrogen-bond donors (Lipinski definition) is 0. The third kappa shape index (κ3) is 5.05. The highest BCUT2D eigenvalue weighted by molar-refractivity contribution is 5.20. The minimum Gasteiger partial charge on any atom is -0.492 e. The third-order valence-corrected chi connectivity index (χ3v) is 4.46. The van der Waals surface area contributed by atoms with E-state index in [-0.39, 0.29) is 0 Å². The predicted octanol–water partition coefficient (Wildman–Crippen LogP) is 3.39. The Hall–Kier alpha value is -1.91. The zero-order chi connectivity index (χ0) is 16.6. The Morgan fingerprint density at radius 1 is 0.833 bits per heavy atom. The molecule has 1 fully saturated rings. The van der Waals surface area contributed by atoms with Gasteiger partial charge in [-0.2, -0.15) is 0 Å². The number of halogens is 1. The van der Waals surface area contributed by atoms with Crippen molar-refractivity contribution in [1.29, 1.82) is 0 Å². The maximum Gasteiger partial charge on any atom is 0.138 e. The molecule has 1 aliphatic heterocycles. The molecule has 4 heteroatoms. The van der Waals surface area contributed by atoms with Gasteiger partial charge in [-0.15, -0.1) is 0 Å². The van der Waals surface area contributed by atoms with Gasteiger partial charge in [-0.05, 0) is 17.7 Å². The molecule has 0 radical (unpaired) electrons. The molecule has 0 spiro atoms. The molecule has 24 heavy (non-hydrogen) atoms. The van der Waals surface area contributed by atoms with Crippen LogP contribution in [0.4, 0.5) is 4.39 Å². The Bertz CT molecular complexity index is 585. The number of benzene rings is 2. The summed E-state index contributed by atoms with van der Waals surface area (Å²) < 4.78 is 20.1. The molecule has 128 valence electrons. The van der Waals surface area contributed by atoms with Gasteiger partial charge in [0.05, 0.1) is 0 Å². The Morgan fingerprint density at radius 3 is 2.08 bits per heavy atom. The van der Waals surface area contributed by atoms with E-state index in [0.29, 0.717) is 13.2 Å². The molecule has 0 aliphatic carbocycles. The SMILES string of the molecule is FC(CN1CCN(CCOc2ccccc2)CC1)c1ccccc1. The van der Waals surface area contributed by atoms with Crippen molar-refractivity contribution in [2.75, 3.05) is 45.9 Å². The Labute approximate surface area is 143 Å². The molecule has 0 amide bonds. The third-order valence-electron chi connectivity index (χ3n) is 4.46. The van der Waals surface area contributed by atoms with E-state index in [1.54, 1.807) is 0 Å². The number of nitrogens with zero attached hydrogens (tertiary/aromatic N) is 2. The lowest BCUT2D eigenvalue weighted by molar-refractivity contribution is 0.0965. The molecule has 0 N–H and O–H groups in total. The summed E-state index contributed by atoms with van der Waals surface area (Å²) >= 11 is 0. The van der Waals surface area contributed by atoms with Gasteiger partial charge in [0.25, 0.3) is 0 Å². The van der Waals surface area contributed by atoms with E-state index in [1.807, 2.05) is 60.7 Å². The number of alkyl halides is 1. The molecule has 1 heterocycles. The van der Waals surface area contributed by atoms with Gasteiger partial charge in [0.2, 0.25) is 0 Å². The second kappa shape index (κ2) is 8.81. The standard InChI is InChI=1S/C20H25FN2O/c21-20(18-7-3-1-4-8-18)17-23-13-11-22(12-14-23)15-16-24-19-9-5-2-6-10-19/h1-10,20H,11-17H2. The summed E-state index contributed by atoms with van der Waals surface area (Å²) in [6, 6.07) is 19.3. The average Bonchev–Trinajstić information content (AvgIpc) is 2.65. The van der Waals surface area contributed by atoms with Gasteiger partial charge in [-0.3, -0.25) is 9.80 Å². The maximum absolute atomic E-state index is 14.3. The summed E-state index contributed by atoms with van der Waals surface area (Å²) in [6.07, 6.45) is -0.904. The highest BCUT2D eigenvalue weighted by atomic mass is 19.1. The van der Waals surface area contributed by atoms with E-state index in [2.05, 4.69) is 9.80 Å².